The molecule has 1 aliphatic heterocycles. The lowest BCUT2D eigenvalue weighted by molar-refractivity contribution is -0.150. The first kappa shape index (κ1) is 11.0. The Hall–Kier alpha value is -2.07. The third kappa shape index (κ3) is 2.02. The van der Waals surface area contributed by atoms with E-state index in [0.717, 1.165) is 15.7 Å². The Labute approximate surface area is 107 Å². The summed E-state index contributed by atoms with van der Waals surface area (Å²) < 4.78 is 4.44. The van der Waals surface area contributed by atoms with Gasteiger partial charge in [-0.25, -0.2) is 9.59 Å². The van der Waals surface area contributed by atoms with Crippen molar-refractivity contribution in [2.24, 2.45) is 0 Å². The van der Waals surface area contributed by atoms with Gasteiger partial charge in [-0.05, 0) is 22.9 Å². The number of benzene rings is 2. The first-order valence-corrected chi connectivity index (χ1v) is 6.18. The van der Waals surface area contributed by atoms with Crippen molar-refractivity contribution < 1.29 is 14.3 Å². The minimum absolute atomic E-state index is 0.329. The molecule has 0 atom stereocenters. The maximum Gasteiger partial charge on any atom is 0.353 e. The zero-order valence-corrected chi connectivity index (χ0v) is 10.1. The van der Waals surface area contributed by atoms with E-state index < -0.39 is 11.9 Å². The fourth-order valence-corrected chi connectivity index (χ4v) is 2.62. The normalized spacial score (nSPS) is 14.8. The number of esters is 2. The van der Waals surface area contributed by atoms with Crippen molar-refractivity contribution in [1.29, 1.82) is 0 Å². The van der Waals surface area contributed by atoms with Crippen molar-refractivity contribution in [3.63, 3.8) is 0 Å². The maximum absolute atomic E-state index is 11.3. The molecule has 0 N–H and O–H groups in total. The van der Waals surface area contributed by atoms with Crippen molar-refractivity contribution in [2.45, 2.75) is 4.90 Å². The summed E-state index contributed by atoms with van der Waals surface area (Å²) in [7, 11) is 0. The highest BCUT2D eigenvalue weighted by molar-refractivity contribution is 8.04. The van der Waals surface area contributed by atoms with E-state index in [1.54, 1.807) is 0 Å². The predicted octanol–water partition coefficient (Wildman–Crippen LogP) is 2.90. The van der Waals surface area contributed by atoms with Gasteiger partial charge < -0.3 is 4.74 Å². The van der Waals surface area contributed by atoms with Crippen molar-refractivity contribution >= 4 is 34.5 Å². The molecule has 0 spiro atoms. The number of fused-ring (bicyclic) bond motifs is 1. The van der Waals surface area contributed by atoms with E-state index >= 15 is 0 Å². The van der Waals surface area contributed by atoms with E-state index in [4.69, 9.17) is 0 Å². The van der Waals surface area contributed by atoms with Crippen LogP contribution in [0, 0.1) is 0 Å². The molecule has 3 nitrogen and oxygen atoms in total. The second-order valence-electron chi connectivity index (χ2n) is 3.83. The molecule has 2 aromatic rings. The highest BCUT2D eigenvalue weighted by Crippen LogP contribution is 2.32. The van der Waals surface area contributed by atoms with Crippen LogP contribution < -0.4 is 0 Å². The van der Waals surface area contributed by atoms with Gasteiger partial charge in [0.25, 0.3) is 0 Å². The first-order chi connectivity index (χ1) is 8.72. The molecule has 18 heavy (non-hydrogen) atoms. The fraction of sp³-hybridized carbons (Fsp3) is 0. The number of thioether (sulfide) groups is 1. The second kappa shape index (κ2) is 4.31. The molecular weight excluding hydrogens is 248 g/mol. The van der Waals surface area contributed by atoms with Gasteiger partial charge in [-0.3, -0.25) is 0 Å². The Balaban J connectivity index is 1.94. The summed E-state index contributed by atoms with van der Waals surface area (Å²) in [4.78, 5) is 23.5. The number of hydrogen-bond acceptors (Lipinski definition) is 4. The fourth-order valence-electron chi connectivity index (χ4n) is 1.77. The maximum atomic E-state index is 11.3. The quantitative estimate of drug-likeness (QED) is 0.612. The number of rotatable bonds is 2. The van der Waals surface area contributed by atoms with Gasteiger partial charge in [0, 0.05) is 11.0 Å². The first-order valence-electron chi connectivity index (χ1n) is 5.37. The van der Waals surface area contributed by atoms with Gasteiger partial charge >= 0.3 is 11.9 Å². The molecule has 0 fully saturated rings. The van der Waals surface area contributed by atoms with E-state index in [9.17, 15) is 9.59 Å². The zero-order valence-electron chi connectivity index (χ0n) is 9.25. The molecule has 0 saturated heterocycles. The standard InChI is InChI=1S/C14H8O3S/c15-13-8-12(14(16)17-13)18-11-6-5-9-3-1-2-4-10(9)7-11/h1-8H. The molecule has 0 unspecified atom stereocenters. The number of ether oxygens (including phenoxy) is 1. The lowest BCUT2D eigenvalue weighted by Crippen LogP contribution is -1.99. The molecule has 0 aliphatic carbocycles. The van der Waals surface area contributed by atoms with E-state index in [2.05, 4.69) is 4.74 Å². The third-order valence-electron chi connectivity index (χ3n) is 2.59. The Morgan fingerprint density at radius 2 is 1.72 bits per heavy atom. The molecule has 3 rings (SSSR count). The van der Waals surface area contributed by atoms with Gasteiger partial charge in [0.15, 0.2) is 0 Å². The van der Waals surface area contributed by atoms with Crippen LogP contribution in [0.1, 0.15) is 0 Å². The number of carbonyl (C=O) groups excluding carboxylic acids is 2. The molecule has 4 heteroatoms. The summed E-state index contributed by atoms with van der Waals surface area (Å²) in [5.41, 5.74) is 0. The molecule has 1 heterocycles. The molecular formula is C14H8O3S. The van der Waals surface area contributed by atoms with E-state index in [0.29, 0.717) is 4.91 Å². The van der Waals surface area contributed by atoms with Gasteiger partial charge in [0.05, 0.1) is 0 Å². The van der Waals surface area contributed by atoms with Crippen LogP contribution in [-0.4, -0.2) is 11.9 Å². The van der Waals surface area contributed by atoms with Gasteiger partial charge in [0.2, 0.25) is 0 Å². The smallest absolute Gasteiger partial charge is 0.353 e. The van der Waals surface area contributed by atoms with Crippen molar-refractivity contribution in [2.75, 3.05) is 0 Å². The highest BCUT2D eigenvalue weighted by Gasteiger charge is 2.24. The summed E-state index contributed by atoms with van der Waals surface area (Å²) in [6, 6.07) is 13.9. The summed E-state index contributed by atoms with van der Waals surface area (Å²) >= 11 is 1.24. The van der Waals surface area contributed by atoms with Crippen LogP contribution in [0.3, 0.4) is 0 Å². The molecule has 0 saturated carbocycles. The molecule has 0 aromatic heterocycles. The van der Waals surface area contributed by atoms with Crippen LogP contribution in [0.15, 0.2) is 58.3 Å². The summed E-state index contributed by atoms with van der Waals surface area (Å²) in [5, 5.41) is 2.24. The minimum Gasteiger partial charge on any atom is -0.386 e. The van der Waals surface area contributed by atoms with Crippen LogP contribution in [0.4, 0.5) is 0 Å². The van der Waals surface area contributed by atoms with E-state index in [-0.39, 0.29) is 0 Å². The topological polar surface area (TPSA) is 43.4 Å². The third-order valence-corrected chi connectivity index (χ3v) is 3.59. The number of cyclic esters (lactones) is 2. The van der Waals surface area contributed by atoms with Gasteiger partial charge in [0.1, 0.15) is 4.91 Å². The van der Waals surface area contributed by atoms with Gasteiger partial charge in [-0.1, -0.05) is 42.1 Å². The van der Waals surface area contributed by atoms with E-state index in [1.807, 2.05) is 42.5 Å². The van der Waals surface area contributed by atoms with Crippen LogP contribution in [0.5, 0.6) is 0 Å². The highest BCUT2D eigenvalue weighted by atomic mass is 32.2. The predicted molar refractivity (Wildman–Crippen MR) is 69.0 cm³/mol. The SMILES string of the molecule is O=C1C=C(Sc2ccc3ccccc3c2)C(=O)O1. The summed E-state index contributed by atoms with van der Waals surface area (Å²) in [5.74, 6) is -1.17. The van der Waals surface area contributed by atoms with Gasteiger partial charge in [-0.15, -0.1) is 0 Å². The van der Waals surface area contributed by atoms with Gasteiger partial charge in [-0.2, -0.15) is 0 Å². The molecule has 1 aliphatic rings. The summed E-state index contributed by atoms with van der Waals surface area (Å²) in [6.45, 7) is 0. The Bertz CT molecular complexity index is 688. The lowest BCUT2D eigenvalue weighted by atomic mass is 10.1. The van der Waals surface area contributed by atoms with Crippen LogP contribution in [0.2, 0.25) is 0 Å². The monoisotopic (exact) mass is 256 g/mol. The summed E-state index contributed by atoms with van der Waals surface area (Å²) in [6.07, 6.45) is 1.22. The molecule has 0 bridgehead atoms. The van der Waals surface area contributed by atoms with Crippen LogP contribution >= 0.6 is 11.8 Å². The van der Waals surface area contributed by atoms with Crippen molar-refractivity contribution in [3.05, 3.63) is 53.4 Å². The van der Waals surface area contributed by atoms with E-state index in [1.165, 1.54) is 17.8 Å². The number of carbonyl (C=O) groups is 2. The van der Waals surface area contributed by atoms with Crippen LogP contribution in [0.25, 0.3) is 10.8 Å². The molecule has 88 valence electrons. The Morgan fingerprint density at radius 1 is 0.944 bits per heavy atom. The second-order valence-corrected chi connectivity index (χ2v) is 4.94. The minimum atomic E-state index is -0.594. The van der Waals surface area contributed by atoms with Crippen LogP contribution in [-0.2, 0) is 14.3 Å². The van der Waals surface area contributed by atoms with Crippen molar-refractivity contribution in [3.8, 4) is 0 Å². The molecule has 2 aromatic carbocycles. The zero-order chi connectivity index (χ0) is 12.5. The van der Waals surface area contributed by atoms with Crippen molar-refractivity contribution in [1.82, 2.24) is 0 Å². The molecule has 0 amide bonds. The average molecular weight is 256 g/mol. The lowest BCUT2D eigenvalue weighted by Gasteiger charge is -2.02. The Kier molecular flexibility index (Phi) is 2.64. The average Bonchev–Trinajstić information content (AvgIpc) is 2.68. The molecule has 0 radical (unpaired) electrons. The number of hydrogen-bond donors (Lipinski definition) is 0. The Morgan fingerprint density at radius 3 is 2.44 bits per heavy atom. The largest absolute Gasteiger partial charge is 0.386 e.